The first-order valence-corrected chi connectivity index (χ1v) is 12.1. The number of hydrogen-bond donors (Lipinski definition) is 0. The predicted molar refractivity (Wildman–Crippen MR) is 119 cm³/mol. The number of nitrogens with zero attached hydrogens (tertiary/aromatic N) is 2. The molecule has 0 radical (unpaired) electrons. The van der Waals surface area contributed by atoms with E-state index in [1.165, 1.54) is 37.4 Å². The molecule has 0 unspecified atom stereocenters. The Morgan fingerprint density at radius 2 is 1.86 bits per heavy atom. The van der Waals surface area contributed by atoms with Crippen LogP contribution in [0.3, 0.4) is 0 Å². The van der Waals surface area contributed by atoms with Gasteiger partial charge in [-0.3, -0.25) is 5.01 Å². The van der Waals surface area contributed by atoms with Gasteiger partial charge in [-0.2, -0.15) is 30.0 Å². The molecule has 29 heavy (non-hydrogen) atoms. The molecule has 0 aromatic heterocycles. The van der Waals surface area contributed by atoms with Crippen molar-refractivity contribution in [1.82, 2.24) is 5.01 Å². The minimum atomic E-state index is -4.39. The van der Waals surface area contributed by atoms with Crippen LogP contribution in [0.25, 0.3) is 0 Å². The standard InChI is InChI=1S/C22H39F3N2OS/c1-4-5-6-7-8-9-10-11-12-13-17-29-19(2)21(22(23,24)25)26-27-16-14-15-20(27)18-28-3/h5-6,19-20H,4,7-18H2,1-3H3/b6-5-,26-21-/t19-,20+/m0/s1. The summed E-state index contributed by atoms with van der Waals surface area (Å²) in [4.78, 5) is 0. The van der Waals surface area contributed by atoms with Crippen LogP contribution in [0.5, 0.6) is 0 Å². The third-order valence-corrected chi connectivity index (χ3v) is 6.40. The van der Waals surface area contributed by atoms with Crippen molar-refractivity contribution in [1.29, 1.82) is 0 Å². The molecule has 3 nitrogen and oxygen atoms in total. The van der Waals surface area contributed by atoms with Crippen LogP contribution < -0.4 is 0 Å². The fraction of sp³-hybridized carbons (Fsp3) is 0.864. The van der Waals surface area contributed by atoms with Gasteiger partial charge in [0.1, 0.15) is 0 Å². The number of methoxy groups -OCH3 is 1. The molecule has 1 aliphatic heterocycles. The predicted octanol–water partition coefficient (Wildman–Crippen LogP) is 6.83. The van der Waals surface area contributed by atoms with E-state index >= 15 is 0 Å². The molecule has 1 rings (SSSR count). The second-order valence-corrected chi connectivity index (χ2v) is 9.15. The highest BCUT2D eigenvalue weighted by Crippen LogP contribution is 2.29. The van der Waals surface area contributed by atoms with Gasteiger partial charge in [0, 0.05) is 13.7 Å². The van der Waals surface area contributed by atoms with Crippen LogP contribution >= 0.6 is 11.8 Å². The van der Waals surface area contributed by atoms with E-state index in [4.69, 9.17) is 4.74 Å². The molecule has 0 aromatic carbocycles. The maximum Gasteiger partial charge on any atom is 0.432 e. The summed E-state index contributed by atoms with van der Waals surface area (Å²) in [6, 6.07) is -0.0491. The van der Waals surface area contributed by atoms with Crippen molar-refractivity contribution >= 4 is 17.5 Å². The highest BCUT2D eigenvalue weighted by molar-refractivity contribution is 8.00. The Labute approximate surface area is 179 Å². The topological polar surface area (TPSA) is 24.8 Å². The van der Waals surface area contributed by atoms with Gasteiger partial charge in [-0.15, -0.1) is 0 Å². The van der Waals surface area contributed by atoms with Gasteiger partial charge in [0.15, 0.2) is 5.71 Å². The summed E-state index contributed by atoms with van der Waals surface area (Å²) in [6.07, 6.45) is 10.9. The summed E-state index contributed by atoms with van der Waals surface area (Å²) < 4.78 is 45.8. The molecule has 0 aromatic rings. The van der Waals surface area contributed by atoms with Gasteiger partial charge in [-0.1, -0.05) is 44.8 Å². The van der Waals surface area contributed by atoms with E-state index in [1.807, 2.05) is 0 Å². The number of ether oxygens (including phenoxy) is 1. The molecule has 0 spiro atoms. The third-order valence-electron chi connectivity index (χ3n) is 5.15. The Balaban J connectivity index is 2.32. The molecule has 1 fully saturated rings. The zero-order chi connectivity index (χ0) is 21.5. The zero-order valence-corrected chi connectivity index (χ0v) is 19.2. The van der Waals surface area contributed by atoms with Crippen molar-refractivity contribution in [2.45, 2.75) is 95.5 Å². The lowest BCUT2D eigenvalue weighted by atomic mass is 10.1. The number of hydrazone groups is 1. The highest BCUT2D eigenvalue weighted by atomic mass is 32.2. The third kappa shape index (κ3) is 11.3. The normalized spacial score (nSPS) is 19.4. The number of halogens is 3. The summed E-state index contributed by atoms with van der Waals surface area (Å²) in [5, 5.41) is 4.97. The second-order valence-electron chi connectivity index (χ2n) is 7.70. The molecule has 0 aliphatic carbocycles. The fourth-order valence-corrected chi connectivity index (χ4v) is 4.58. The van der Waals surface area contributed by atoms with Gasteiger partial charge in [0.2, 0.25) is 0 Å². The minimum Gasteiger partial charge on any atom is -0.382 e. The van der Waals surface area contributed by atoms with E-state index in [9.17, 15) is 13.2 Å². The molecule has 0 bridgehead atoms. The van der Waals surface area contributed by atoms with E-state index in [0.29, 0.717) is 13.2 Å². The Morgan fingerprint density at radius 1 is 1.17 bits per heavy atom. The SMILES string of the molecule is CC/C=C\CCCCCCCCS[C@@H](C)/C(=N/N1CCC[C@@H]1COC)C(F)(F)F. The summed E-state index contributed by atoms with van der Waals surface area (Å²) in [5.74, 6) is 0.747. The van der Waals surface area contributed by atoms with Gasteiger partial charge in [-0.05, 0) is 51.2 Å². The molecule has 0 N–H and O–H groups in total. The monoisotopic (exact) mass is 436 g/mol. The average Bonchev–Trinajstić information content (AvgIpc) is 3.10. The molecule has 0 amide bonds. The fourth-order valence-electron chi connectivity index (χ4n) is 3.52. The van der Waals surface area contributed by atoms with Crippen LogP contribution in [0.15, 0.2) is 17.3 Å². The van der Waals surface area contributed by atoms with Crippen LogP contribution in [0.1, 0.15) is 78.1 Å². The molecule has 7 heteroatoms. The lowest BCUT2D eigenvalue weighted by molar-refractivity contribution is -0.0618. The largest absolute Gasteiger partial charge is 0.432 e. The van der Waals surface area contributed by atoms with E-state index in [2.05, 4.69) is 24.2 Å². The molecule has 1 saturated heterocycles. The van der Waals surface area contributed by atoms with E-state index < -0.39 is 17.1 Å². The maximum absolute atomic E-state index is 13.6. The van der Waals surface area contributed by atoms with Crippen LogP contribution in [0, 0.1) is 0 Å². The Kier molecular flexibility index (Phi) is 13.8. The number of alkyl halides is 3. The van der Waals surface area contributed by atoms with Gasteiger partial charge in [0.25, 0.3) is 0 Å². The molecular formula is C22H39F3N2OS. The van der Waals surface area contributed by atoms with Gasteiger partial charge >= 0.3 is 6.18 Å². The summed E-state index contributed by atoms with van der Waals surface area (Å²) in [7, 11) is 1.58. The lowest BCUT2D eigenvalue weighted by Gasteiger charge is -2.25. The summed E-state index contributed by atoms with van der Waals surface area (Å²) in [5.41, 5.74) is -0.661. The molecule has 2 atom stereocenters. The number of thioether (sulfide) groups is 1. The van der Waals surface area contributed by atoms with Crippen molar-refractivity contribution in [3.8, 4) is 0 Å². The maximum atomic E-state index is 13.6. The highest BCUT2D eigenvalue weighted by Gasteiger charge is 2.41. The number of allylic oxidation sites excluding steroid dienone is 2. The van der Waals surface area contributed by atoms with E-state index in [0.717, 1.165) is 44.3 Å². The van der Waals surface area contributed by atoms with E-state index in [1.54, 1.807) is 19.0 Å². The van der Waals surface area contributed by atoms with Crippen molar-refractivity contribution in [3.05, 3.63) is 12.2 Å². The number of hydrogen-bond acceptors (Lipinski definition) is 4. The van der Waals surface area contributed by atoms with Crippen molar-refractivity contribution in [2.24, 2.45) is 5.10 Å². The summed E-state index contributed by atoms with van der Waals surface area (Å²) >= 11 is 1.37. The first-order chi connectivity index (χ1) is 13.9. The molecular weight excluding hydrogens is 397 g/mol. The van der Waals surface area contributed by atoms with Crippen LogP contribution in [0.2, 0.25) is 0 Å². The van der Waals surface area contributed by atoms with E-state index in [-0.39, 0.29) is 6.04 Å². The van der Waals surface area contributed by atoms with Gasteiger partial charge in [0.05, 0.1) is 17.9 Å². The Hall–Kier alpha value is -0.690. The molecule has 1 aliphatic rings. The first-order valence-electron chi connectivity index (χ1n) is 11.1. The second kappa shape index (κ2) is 15.2. The zero-order valence-electron chi connectivity index (χ0n) is 18.3. The van der Waals surface area contributed by atoms with Crippen molar-refractivity contribution in [2.75, 3.05) is 26.0 Å². The van der Waals surface area contributed by atoms with Gasteiger partial charge < -0.3 is 4.74 Å². The Morgan fingerprint density at radius 3 is 2.52 bits per heavy atom. The summed E-state index contributed by atoms with van der Waals surface area (Å²) in [6.45, 7) is 4.76. The Bertz CT molecular complexity index is 483. The van der Waals surface area contributed by atoms with Crippen LogP contribution in [-0.2, 0) is 4.74 Å². The van der Waals surface area contributed by atoms with Crippen LogP contribution in [-0.4, -0.2) is 54.2 Å². The van der Waals surface area contributed by atoms with Crippen molar-refractivity contribution < 1.29 is 17.9 Å². The van der Waals surface area contributed by atoms with Gasteiger partial charge in [-0.25, -0.2) is 0 Å². The molecule has 1 heterocycles. The number of rotatable bonds is 15. The first kappa shape index (κ1) is 26.3. The lowest BCUT2D eigenvalue weighted by Crippen LogP contribution is -2.37. The van der Waals surface area contributed by atoms with Crippen molar-refractivity contribution in [3.63, 3.8) is 0 Å². The quantitative estimate of drug-likeness (QED) is 0.160. The molecule has 170 valence electrons. The smallest absolute Gasteiger partial charge is 0.382 e. The average molecular weight is 437 g/mol. The molecule has 0 saturated carbocycles. The minimum absolute atomic E-state index is 0.0491. The van der Waals surface area contributed by atoms with Crippen LogP contribution in [0.4, 0.5) is 13.2 Å². The number of unbranched alkanes of at least 4 members (excludes halogenated alkanes) is 6.